The fourth-order valence-electron chi connectivity index (χ4n) is 1.89. The quantitative estimate of drug-likeness (QED) is 0.894. The van der Waals surface area contributed by atoms with Crippen LogP contribution in [0.15, 0.2) is 36.4 Å². The van der Waals surface area contributed by atoms with Gasteiger partial charge < -0.3 is 5.11 Å². The first-order valence-electron chi connectivity index (χ1n) is 5.85. The third kappa shape index (κ3) is 3.31. The van der Waals surface area contributed by atoms with Crippen LogP contribution in [0.5, 0.6) is 0 Å². The average molecular weight is 283 g/mol. The summed E-state index contributed by atoms with van der Waals surface area (Å²) in [4.78, 5) is 0. The van der Waals surface area contributed by atoms with E-state index < -0.39 is 11.9 Å². The summed E-state index contributed by atoms with van der Waals surface area (Å²) in [5.41, 5.74) is 1.69. The number of benzene rings is 2. The SMILES string of the molecule is Cc1cc(C(O)Cc2ccc(F)cc2)c(Cl)cc1F. The van der Waals surface area contributed by atoms with E-state index in [0.29, 0.717) is 17.5 Å². The van der Waals surface area contributed by atoms with Gasteiger partial charge in [0.15, 0.2) is 0 Å². The molecule has 100 valence electrons. The first kappa shape index (κ1) is 14.0. The summed E-state index contributed by atoms with van der Waals surface area (Å²) >= 11 is 5.93. The van der Waals surface area contributed by atoms with Crippen molar-refractivity contribution in [1.82, 2.24) is 0 Å². The molecule has 1 atom stereocenters. The number of aliphatic hydroxyl groups is 1. The molecule has 0 aliphatic heterocycles. The molecule has 0 spiro atoms. The van der Waals surface area contributed by atoms with Gasteiger partial charge in [-0.25, -0.2) is 8.78 Å². The predicted molar refractivity (Wildman–Crippen MR) is 71.2 cm³/mol. The summed E-state index contributed by atoms with van der Waals surface area (Å²) < 4.78 is 26.1. The van der Waals surface area contributed by atoms with Crippen molar-refractivity contribution in [2.75, 3.05) is 0 Å². The molecule has 0 amide bonds. The van der Waals surface area contributed by atoms with Gasteiger partial charge >= 0.3 is 0 Å². The monoisotopic (exact) mass is 282 g/mol. The molecule has 0 bridgehead atoms. The number of aryl methyl sites for hydroxylation is 1. The molecule has 19 heavy (non-hydrogen) atoms. The molecule has 0 saturated carbocycles. The molecule has 1 unspecified atom stereocenters. The fraction of sp³-hybridized carbons (Fsp3) is 0.200. The zero-order valence-electron chi connectivity index (χ0n) is 10.3. The fourth-order valence-corrected chi connectivity index (χ4v) is 2.16. The first-order valence-corrected chi connectivity index (χ1v) is 6.23. The van der Waals surface area contributed by atoms with E-state index >= 15 is 0 Å². The van der Waals surface area contributed by atoms with Crippen molar-refractivity contribution < 1.29 is 13.9 Å². The van der Waals surface area contributed by atoms with Crippen molar-refractivity contribution >= 4 is 11.6 Å². The Hall–Kier alpha value is -1.45. The second-order valence-corrected chi connectivity index (χ2v) is 4.88. The van der Waals surface area contributed by atoms with Crippen molar-refractivity contribution in [3.8, 4) is 0 Å². The van der Waals surface area contributed by atoms with E-state index in [4.69, 9.17) is 11.6 Å². The molecule has 0 heterocycles. The van der Waals surface area contributed by atoms with Crippen molar-refractivity contribution in [1.29, 1.82) is 0 Å². The minimum absolute atomic E-state index is 0.192. The Morgan fingerprint density at radius 3 is 2.42 bits per heavy atom. The average Bonchev–Trinajstić information content (AvgIpc) is 2.36. The van der Waals surface area contributed by atoms with Crippen LogP contribution in [-0.2, 0) is 6.42 Å². The summed E-state index contributed by atoms with van der Waals surface area (Å²) in [6.45, 7) is 1.61. The van der Waals surface area contributed by atoms with E-state index in [1.165, 1.54) is 24.3 Å². The van der Waals surface area contributed by atoms with Gasteiger partial charge in [-0.3, -0.25) is 0 Å². The maximum absolute atomic E-state index is 13.3. The van der Waals surface area contributed by atoms with Gasteiger partial charge in [0.25, 0.3) is 0 Å². The maximum atomic E-state index is 13.3. The highest BCUT2D eigenvalue weighted by Gasteiger charge is 2.14. The van der Waals surface area contributed by atoms with Crippen molar-refractivity contribution in [3.05, 3.63) is 69.7 Å². The van der Waals surface area contributed by atoms with Crippen molar-refractivity contribution in [2.24, 2.45) is 0 Å². The van der Waals surface area contributed by atoms with Gasteiger partial charge in [0.05, 0.1) is 6.10 Å². The van der Waals surface area contributed by atoms with Crippen molar-refractivity contribution in [2.45, 2.75) is 19.4 Å². The molecular weight excluding hydrogens is 270 g/mol. The molecule has 2 aromatic rings. The third-order valence-electron chi connectivity index (χ3n) is 2.98. The summed E-state index contributed by atoms with van der Waals surface area (Å²) in [5.74, 6) is -0.725. The summed E-state index contributed by atoms with van der Waals surface area (Å²) in [5, 5.41) is 10.3. The lowest BCUT2D eigenvalue weighted by atomic mass is 9.99. The van der Waals surface area contributed by atoms with Crippen LogP contribution < -0.4 is 0 Å². The smallest absolute Gasteiger partial charge is 0.127 e. The minimum Gasteiger partial charge on any atom is -0.388 e. The number of rotatable bonds is 3. The van der Waals surface area contributed by atoms with Crippen LogP contribution in [-0.4, -0.2) is 5.11 Å². The van der Waals surface area contributed by atoms with E-state index in [2.05, 4.69) is 0 Å². The van der Waals surface area contributed by atoms with Crippen LogP contribution in [0, 0.1) is 18.6 Å². The molecule has 0 radical (unpaired) electrons. The maximum Gasteiger partial charge on any atom is 0.127 e. The lowest BCUT2D eigenvalue weighted by Gasteiger charge is -2.14. The Bertz CT molecular complexity index is 581. The lowest BCUT2D eigenvalue weighted by Crippen LogP contribution is -2.04. The van der Waals surface area contributed by atoms with Crippen LogP contribution >= 0.6 is 11.6 Å². The first-order chi connectivity index (χ1) is 8.97. The molecule has 0 aromatic heterocycles. The molecule has 2 rings (SSSR count). The van der Waals surface area contributed by atoms with Gasteiger partial charge in [-0.2, -0.15) is 0 Å². The van der Waals surface area contributed by atoms with Gasteiger partial charge in [0.1, 0.15) is 11.6 Å². The molecule has 0 aliphatic rings. The van der Waals surface area contributed by atoms with Gasteiger partial charge in [0.2, 0.25) is 0 Å². The number of aliphatic hydroxyl groups excluding tert-OH is 1. The van der Waals surface area contributed by atoms with Crippen LogP contribution in [0.25, 0.3) is 0 Å². The molecule has 4 heteroatoms. The predicted octanol–water partition coefficient (Wildman–Crippen LogP) is 4.20. The normalized spacial score (nSPS) is 12.5. The number of halogens is 3. The Kier molecular flexibility index (Phi) is 4.17. The second-order valence-electron chi connectivity index (χ2n) is 4.47. The van der Waals surface area contributed by atoms with E-state index in [0.717, 1.165) is 5.56 Å². The highest BCUT2D eigenvalue weighted by molar-refractivity contribution is 6.31. The molecular formula is C15H13ClF2O. The largest absolute Gasteiger partial charge is 0.388 e. The van der Waals surface area contributed by atoms with Gasteiger partial charge in [-0.05, 0) is 47.9 Å². The van der Waals surface area contributed by atoms with Crippen LogP contribution in [0.3, 0.4) is 0 Å². The van der Waals surface area contributed by atoms with Crippen LogP contribution in [0.4, 0.5) is 8.78 Å². The van der Waals surface area contributed by atoms with Gasteiger partial charge in [-0.15, -0.1) is 0 Å². The topological polar surface area (TPSA) is 20.2 Å². The zero-order valence-corrected chi connectivity index (χ0v) is 11.1. The second kappa shape index (κ2) is 5.68. The molecule has 0 fully saturated rings. The summed E-state index contributed by atoms with van der Waals surface area (Å²) in [6, 6.07) is 8.59. The minimum atomic E-state index is -0.850. The summed E-state index contributed by atoms with van der Waals surface area (Å²) in [6.07, 6.45) is -0.553. The van der Waals surface area contributed by atoms with E-state index in [9.17, 15) is 13.9 Å². The summed E-state index contributed by atoms with van der Waals surface area (Å²) in [7, 11) is 0. The van der Waals surface area contributed by atoms with Crippen LogP contribution in [0.2, 0.25) is 5.02 Å². The zero-order chi connectivity index (χ0) is 14.0. The van der Waals surface area contributed by atoms with E-state index in [1.807, 2.05) is 0 Å². The molecule has 1 N–H and O–H groups in total. The Labute approximate surface area is 115 Å². The lowest BCUT2D eigenvalue weighted by molar-refractivity contribution is 0.178. The molecule has 0 saturated heterocycles. The molecule has 0 aliphatic carbocycles. The van der Waals surface area contributed by atoms with Gasteiger partial charge in [0, 0.05) is 11.4 Å². The molecule has 2 aromatic carbocycles. The Morgan fingerprint density at radius 1 is 1.16 bits per heavy atom. The highest BCUT2D eigenvalue weighted by atomic mass is 35.5. The standard InChI is InChI=1S/C15H13ClF2O/c1-9-6-12(13(16)8-14(9)18)15(19)7-10-2-4-11(17)5-3-10/h2-6,8,15,19H,7H2,1H3. The Morgan fingerprint density at radius 2 is 1.79 bits per heavy atom. The third-order valence-corrected chi connectivity index (χ3v) is 3.31. The van der Waals surface area contributed by atoms with Crippen LogP contribution in [0.1, 0.15) is 22.8 Å². The van der Waals surface area contributed by atoms with Crippen molar-refractivity contribution in [3.63, 3.8) is 0 Å². The molecule has 1 nitrogen and oxygen atoms in total. The van der Waals surface area contributed by atoms with E-state index in [1.54, 1.807) is 19.1 Å². The van der Waals surface area contributed by atoms with Gasteiger partial charge in [-0.1, -0.05) is 23.7 Å². The number of hydrogen-bond acceptors (Lipinski definition) is 1. The van der Waals surface area contributed by atoms with E-state index in [-0.39, 0.29) is 10.8 Å². The number of hydrogen-bond donors (Lipinski definition) is 1. The Balaban J connectivity index is 2.22. The highest BCUT2D eigenvalue weighted by Crippen LogP contribution is 2.28.